The van der Waals surface area contributed by atoms with Gasteiger partial charge in [0.15, 0.2) is 5.54 Å². The van der Waals surface area contributed by atoms with Crippen LogP contribution in [0.3, 0.4) is 0 Å². The molecular formula is C33H27N7O2. The van der Waals surface area contributed by atoms with Crippen LogP contribution in [-0.2, 0) is 5.54 Å². The number of hydrogen-bond donors (Lipinski definition) is 0. The van der Waals surface area contributed by atoms with Gasteiger partial charge in [-0.15, -0.1) is 15.0 Å². The second-order valence-corrected chi connectivity index (χ2v) is 10.5. The van der Waals surface area contributed by atoms with E-state index < -0.39 is 10.5 Å². The van der Waals surface area contributed by atoms with E-state index >= 15 is 0 Å². The Balaban J connectivity index is 1.44. The van der Waals surface area contributed by atoms with E-state index in [1.807, 2.05) is 65.5 Å². The zero-order valence-electron chi connectivity index (χ0n) is 22.7. The number of nitro groups is 1. The SMILES string of the molecule is O=[N+]([O-])c1ccc(-c2cnn(C3CCC3)c2)c(-c2nnn(C(c3ccccc3)(c3ccccc3)c3ccccc3)n2)c1. The number of rotatable bonds is 8. The van der Waals surface area contributed by atoms with Gasteiger partial charge in [-0.25, -0.2) is 0 Å². The van der Waals surface area contributed by atoms with Crippen LogP contribution in [0.4, 0.5) is 5.69 Å². The second kappa shape index (κ2) is 10.5. The fraction of sp³-hybridized carbons (Fsp3) is 0.152. The van der Waals surface area contributed by atoms with Crippen molar-refractivity contribution in [2.24, 2.45) is 0 Å². The summed E-state index contributed by atoms with van der Waals surface area (Å²) in [5, 5.41) is 30.6. The summed E-state index contributed by atoms with van der Waals surface area (Å²) in [6, 6.07) is 35.4. The van der Waals surface area contributed by atoms with Crippen molar-refractivity contribution in [3.8, 4) is 22.5 Å². The van der Waals surface area contributed by atoms with Gasteiger partial charge in [0.1, 0.15) is 0 Å². The largest absolute Gasteiger partial charge is 0.270 e. The van der Waals surface area contributed by atoms with Crippen molar-refractivity contribution in [3.63, 3.8) is 0 Å². The van der Waals surface area contributed by atoms with Crippen LogP contribution in [0.5, 0.6) is 0 Å². The molecule has 206 valence electrons. The van der Waals surface area contributed by atoms with E-state index in [1.54, 1.807) is 17.1 Å². The minimum Gasteiger partial charge on any atom is -0.269 e. The second-order valence-electron chi connectivity index (χ2n) is 10.5. The van der Waals surface area contributed by atoms with Crippen LogP contribution >= 0.6 is 0 Å². The van der Waals surface area contributed by atoms with Crippen LogP contribution < -0.4 is 0 Å². The third-order valence-corrected chi connectivity index (χ3v) is 8.10. The van der Waals surface area contributed by atoms with Crippen LogP contribution in [0.15, 0.2) is 122 Å². The Morgan fingerprint density at radius 1 is 0.786 bits per heavy atom. The molecule has 0 unspecified atom stereocenters. The molecule has 9 nitrogen and oxygen atoms in total. The van der Waals surface area contributed by atoms with Crippen LogP contribution in [0.2, 0.25) is 0 Å². The van der Waals surface area contributed by atoms with Gasteiger partial charge in [-0.2, -0.15) is 5.10 Å². The lowest BCUT2D eigenvalue weighted by atomic mass is 9.77. The molecular weight excluding hydrogens is 526 g/mol. The fourth-order valence-electron chi connectivity index (χ4n) is 5.76. The summed E-state index contributed by atoms with van der Waals surface area (Å²) in [6.07, 6.45) is 7.20. The Morgan fingerprint density at radius 2 is 1.38 bits per heavy atom. The Labute approximate surface area is 242 Å². The van der Waals surface area contributed by atoms with Gasteiger partial charge in [-0.05, 0) is 52.8 Å². The van der Waals surface area contributed by atoms with Crippen molar-refractivity contribution in [1.82, 2.24) is 30.0 Å². The quantitative estimate of drug-likeness (QED) is 0.118. The maximum atomic E-state index is 11.8. The van der Waals surface area contributed by atoms with Gasteiger partial charge in [0.25, 0.3) is 5.69 Å². The Kier molecular flexibility index (Phi) is 6.39. The van der Waals surface area contributed by atoms with Gasteiger partial charge in [-0.1, -0.05) is 91.0 Å². The molecule has 1 aliphatic rings. The predicted octanol–water partition coefficient (Wildman–Crippen LogP) is 6.68. The molecule has 9 heteroatoms. The Hall–Kier alpha value is -5.44. The number of benzene rings is 4. The molecule has 7 rings (SSSR count). The fourth-order valence-corrected chi connectivity index (χ4v) is 5.76. The molecule has 0 amide bonds. The van der Waals surface area contributed by atoms with Gasteiger partial charge in [0, 0.05) is 29.5 Å². The third-order valence-electron chi connectivity index (χ3n) is 8.10. The molecule has 0 saturated heterocycles. The summed E-state index contributed by atoms with van der Waals surface area (Å²) < 4.78 is 1.99. The summed E-state index contributed by atoms with van der Waals surface area (Å²) in [5.74, 6) is 0.289. The molecule has 1 saturated carbocycles. The molecule has 0 radical (unpaired) electrons. The number of non-ortho nitro benzene ring substituents is 1. The average molecular weight is 554 g/mol. The zero-order chi connectivity index (χ0) is 28.5. The highest BCUT2D eigenvalue weighted by Crippen LogP contribution is 2.41. The zero-order valence-corrected chi connectivity index (χ0v) is 22.7. The van der Waals surface area contributed by atoms with Crippen molar-refractivity contribution in [2.75, 3.05) is 0 Å². The monoisotopic (exact) mass is 553 g/mol. The number of aromatic nitrogens is 6. The summed E-state index contributed by atoms with van der Waals surface area (Å²) in [5.41, 5.74) is 3.99. The highest BCUT2D eigenvalue weighted by molar-refractivity contribution is 5.81. The first-order valence-electron chi connectivity index (χ1n) is 13.9. The molecule has 0 spiro atoms. The lowest BCUT2D eigenvalue weighted by molar-refractivity contribution is -0.384. The molecule has 0 bridgehead atoms. The van der Waals surface area contributed by atoms with E-state index in [-0.39, 0.29) is 11.5 Å². The van der Waals surface area contributed by atoms with Crippen molar-refractivity contribution in [3.05, 3.63) is 148 Å². The van der Waals surface area contributed by atoms with E-state index in [0.717, 1.165) is 40.7 Å². The van der Waals surface area contributed by atoms with Crippen molar-refractivity contribution < 1.29 is 4.92 Å². The van der Waals surface area contributed by atoms with Gasteiger partial charge in [0.2, 0.25) is 5.82 Å². The Bertz CT molecular complexity index is 1750. The molecule has 0 N–H and O–H groups in total. The van der Waals surface area contributed by atoms with Crippen LogP contribution in [0, 0.1) is 10.1 Å². The molecule has 2 heterocycles. The minimum atomic E-state index is -0.953. The van der Waals surface area contributed by atoms with E-state index in [1.165, 1.54) is 18.6 Å². The van der Waals surface area contributed by atoms with E-state index in [0.29, 0.717) is 11.6 Å². The maximum Gasteiger partial charge on any atom is 0.270 e. The van der Waals surface area contributed by atoms with Crippen molar-refractivity contribution >= 4 is 5.69 Å². The lowest BCUT2D eigenvalue weighted by Crippen LogP contribution is -2.39. The highest BCUT2D eigenvalue weighted by Gasteiger charge is 2.41. The summed E-state index contributed by atoms with van der Waals surface area (Å²) >= 11 is 0. The molecule has 1 aliphatic carbocycles. The third kappa shape index (κ3) is 4.26. The average Bonchev–Trinajstić information content (AvgIpc) is 3.69. The smallest absolute Gasteiger partial charge is 0.269 e. The summed E-state index contributed by atoms with van der Waals surface area (Å²) in [6.45, 7) is 0. The van der Waals surface area contributed by atoms with E-state index in [9.17, 15) is 10.1 Å². The molecule has 0 atom stereocenters. The van der Waals surface area contributed by atoms with Crippen molar-refractivity contribution in [1.29, 1.82) is 0 Å². The van der Waals surface area contributed by atoms with E-state index in [2.05, 4.69) is 51.8 Å². The minimum absolute atomic E-state index is 0.0445. The molecule has 4 aromatic carbocycles. The lowest BCUT2D eigenvalue weighted by Gasteiger charge is -2.34. The first-order valence-corrected chi connectivity index (χ1v) is 13.9. The van der Waals surface area contributed by atoms with E-state index in [4.69, 9.17) is 5.10 Å². The summed E-state index contributed by atoms with van der Waals surface area (Å²) in [7, 11) is 0. The van der Waals surface area contributed by atoms with Gasteiger partial charge >= 0.3 is 0 Å². The molecule has 2 aromatic heterocycles. The summed E-state index contributed by atoms with van der Waals surface area (Å²) in [4.78, 5) is 13.0. The number of nitro benzene ring substituents is 1. The number of tetrazole rings is 1. The topological polar surface area (TPSA) is 105 Å². The highest BCUT2D eigenvalue weighted by atomic mass is 16.6. The van der Waals surface area contributed by atoms with Crippen LogP contribution in [0.25, 0.3) is 22.5 Å². The molecule has 0 aliphatic heterocycles. The first-order chi connectivity index (χ1) is 20.6. The Morgan fingerprint density at radius 3 is 1.90 bits per heavy atom. The first kappa shape index (κ1) is 25.5. The predicted molar refractivity (Wildman–Crippen MR) is 159 cm³/mol. The number of nitrogens with zero attached hydrogens (tertiary/aromatic N) is 7. The molecule has 42 heavy (non-hydrogen) atoms. The van der Waals surface area contributed by atoms with Gasteiger partial charge < -0.3 is 0 Å². The van der Waals surface area contributed by atoms with Crippen LogP contribution in [0.1, 0.15) is 42.0 Å². The van der Waals surface area contributed by atoms with Gasteiger partial charge in [0.05, 0.1) is 17.2 Å². The maximum absolute atomic E-state index is 11.8. The van der Waals surface area contributed by atoms with Gasteiger partial charge in [-0.3, -0.25) is 14.8 Å². The number of hydrogen-bond acceptors (Lipinski definition) is 6. The molecule has 6 aromatic rings. The van der Waals surface area contributed by atoms with Crippen LogP contribution in [-0.4, -0.2) is 34.9 Å². The standard InChI is InChI=1S/C33H27N7O2/c41-39(42)29-19-20-30(24-22-34-38(23-24)28-17-10-18-28)31(21-29)32-35-37-40(36-32)33(25-11-4-1-5-12-25,26-13-6-2-7-14-26)27-15-8-3-9-16-27/h1-9,11-16,19-23,28H,10,17-18H2. The normalized spacial score (nSPS) is 13.5. The molecule has 1 fully saturated rings. The van der Waals surface area contributed by atoms with Crippen molar-refractivity contribution in [2.45, 2.75) is 30.8 Å².